The molecule has 0 aliphatic rings. The van der Waals surface area contributed by atoms with Crippen LogP contribution in [0.2, 0.25) is 0 Å². The molecule has 0 aliphatic heterocycles. The van der Waals surface area contributed by atoms with Crippen LogP contribution in [0.1, 0.15) is 26.7 Å². The molecule has 42 valence electrons. The van der Waals surface area contributed by atoms with Crippen molar-refractivity contribution in [2.45, 2.75) is 26.7 Å². The van der Waals surface area contributed by atoms with Crippen LogP contribution in [0.15, 0.2) is 12.7 Å². The van der Waals surface area contributed by atoms with Gasteiger partial charge in [-0.3, -0.25) is 0 Å². The van der Waals surface area contributed by atoms with Gasteiger partial charge in [0.2, 0.25) is 0 Å². The van der Waals surface area contributed by atoms with Crippen LogP contribution >= 0.6 is 0 Å². The van der Waals surface area contributed by atoms with E-state index < -0.39 is 0 Å². The smallest absolute Gasteiger partial charge is 0.0328 e. The van der Waals surface area contributed by atoms with Gasteiger partial charge in [0.1, 0.15) is 0 Å². The predicted molar refractivity (Wildman–Crippen MR) is 34.3 cm³/mol. The minimum absolute atomic E-state index is 0.831. The van der Waals surface area contributed by atoms with Crippen molar-refractivity contribution in [1.29, 1.82) is 0 Å². The lowest BCUT2D eigenvalue weighted by atomic mass is 10.1. The molecule has 0 amide bonds. The average molecular weight is 98.2 g/mol. The first-order valence-corrected chi connectivity index (χ1v) is 2.92. The van der Waals surface area contributed by atoms with Crippen molar-refractivity contribution in [3.63, 3.8) is 0 Å². The maximum absolute atomic E-state index is 3.65. The molecule has 0 saturated carbocycles. The van der Waals surface area contributed by atoms with Crippen LogP contribution in [-0.4, -0.2) is 0 Å². The second-order valence-corrected chi connectivity index (χ2v) is 2.04. The minimum Gasteiger partial charge on any atom is -0.103 e. The highest BCUT2D eigenvalue weighted by atomic mass is 14.0. The van der Waals surface area contributed by atoms with Crippen molar-refractivity contribution in [3.8, 4) is 0 Å². The number of hydrogen-bond donors (Lipinski definition) is 0. The van der Waals surface area contributed by atoms with Gasteiger partial charge in [-0.05, 0) is 12.3 Å². The van der Waals surface area contributed by atoms with Gasteiger partial charge in [0, 0.05) is 0 Å². The van der Waals surface area contributed by atoms with E-state index in [0.717, 1.165) is 12.3 Å². The maximum Gasteiger partial charge on any atom is -0.0328 e. The summed E-state index contributed by atoms with van der Waals surface area (Å²) in [6.45, 7) is 8.09. The van der Waals surface area contributed by atoms with Crippen LogP contribution in [0.5, 0.6) is 0 Å². The Kier molecular flexibility index (Phi) is 3.77. The standard InChI is InChI=1S/C7H14/c1-4-6-7(3)5-2/h4,7H,1,5-6H2,2-3H3. The summed E-state index contributed by atoms with van der Waals surface area (Å²) in [5.74, 6) is 0.831. The highest BCUT2D eigenvalue weighted by molar-refractivity contribution is 4.68. The van der Waals surface area contributed by atoms with Gasteiger partial charge >= 0.3 is 0 Å². The Morgan fingerprint density at radius 1 is 1.71 bits per heavy atom. The van der Waals surface area contributed by atoms with Crippen molar-refractivity contribution < 1.29 is 0 Å². The summed E-state index contributed by atoms with van der Waals surface area (Å²) in [4.78, 5) is 0. The van der Waals surface area contributed by atoms with E-state index in [0.29, 0.717) is 0 Å². The third kappa shape index (κ3) is 3.57. The molecule has 0 saturated heterocycles. The highest BCUT2D eigenvalue weighted by Crippen LogP contribution is 2.04. The molecule has 0 aromatic rings. The molecule has 7 heavy (non-hydrogen) atoms. The van der Waals surface area contributed by atoms with Gasteiger partial charge in [0.25, 0.3) is 0 Å². The Hall–Kier alpha value is -0.260. The van der Waals surface area contributed by atoms with Crippen LogP contribution in [-0.2, 0) is 0 Å². The molecule has 0 aromatic carbocycles. The van der Waals surface area contributed by atoms with E-state index in [2.05, 4.69) is 20.4 Å². The van der Waals surface area contributed by atoms with Crippen molar-refractivity contribution in [2.24, 2.45) is 5.92 Å². The zero-order valence-corrected chi connectivity index (χ0v) is 5.28. The molecule has 0 aromatic heterocycles. The first-order valence-electron chi connectivity index (χ1n) is 2.92. The molecule has 0 aliphatic carbocycles. The van der Waals surface area contributed by atoms with Gasteiger partial charge in [0.15, 0.2) is 0 Å². The van der Waals surface area contributed by atoms with Gasteiger partial charge in [-0.25, -0.2) is 0 Å². The quantitative estimate of drug-likeness (QED) is 0.476. The topological polar surface area (TPSA) is 0 Å². The van der Waals surface area contributed by atoms with E-state index in [1.54, 1.807) is 0 Å². The second kappa shape index (κ2) is 3.91. The fourth-order valence-electron chi connectivity index (χ4n) is 0.451. The van der Waals surface area contributed by atoms with Gasteiger partial charge < -0.3 is 0 Å². The lowest BCUT2D eigenvalue weighted by Crippen LogP contribution is -1.86. The number of allylic oxidation sites excluding steroid dienone is 1. The molecule has 0 bridgehead atoms. The van der Waals surface area contributed by atoms with Crippen molar-refractivity contribution in [1.82, 2.24) is 0 Å². The molecule has 0 spiro atoms. The normalized spacial score (nSPS) is 13.4. The summed E-state index contributed by atoms with van der Waals surface area (Å²) in [6.07, 6.45) is 4.41. The average Bonchev–Trinajstić information content (AvgIpc) is 1.68. The van der Waals surface area contributed by atoms with Crippen LogP contribution < -0.4 is 0 Å². The van der Waals surface area contributed by atoms with Crippen molar-refractivity contribution in [3.05, 3.63) is 12.7 Å². The minimum atomic E-state index is 0.831. The van der Waals surface area contributed by atoms with E-state index in [9.17, 15) is 0 Å². The van der Waals surface area contributed by atoms with E-state index in [-0.39, 0.29) is 0 Å². The Morgan fingerprint density at radius 2 is 2.29 bits per heavy atom. The maximum atomic E-state index is 3.65. The predicted octanol–water partition coefficient (Wildman–Crippen LogP) is 2.61. The Bertz CT molecular complexity index is 46.0. The van der Waals surface area contributed by atoms with Gasteiger partial charge in [0.05, 0.1) is 0 Å². The second-order valence-electron chi connectivity index (χ2n) is 2.04. The van der Waals surface area contributed by atoms with Crippen LogP contribution in [0.25, 0.3) is 0 Å². The lowest BCUT2D eigenvalue weighted by molar-refractivity contribution is 0.572. The summed E-state index contributed by atoms with van der Waals surface area (Å²) >= 11 is 0. The van der Waals surface area contributed by atoms with Crippen LogP contribution in [0, 0.1) is 5.92 Å². The van der Waals surface area contributed by atoms with Gasteiger partial charge in [-0.15, -0.1) is 6.58 Å². The summed E-state index contributed by atoms with van der Waals surface area (Å²) in [5, 5.41) is 0. The third-order valence-electron chi connectivity index (χ3n) is 1.27. The number of rotatable bonds is 3. The largest absolute Gasteiger partial charge is 0.103 e. The van der Waals surface area contributed by atoms with E-state index >= 15 is 0 Å². The molecule has 0 nitrogen and oxygen atoms in total. The fraction of sp³-hybridized carbons (Fsp3) is 0.714. The fourth-order valence-corrected chi connectivity index (χ4v) is 0.451. The summed E-state index contributed by atoms with van der Waals surface area (Å²) in [6, 6.07) is 0. The molecule has 0 fully saturated rings. The zero-order valence-electron chi connectivity index (χ0n) is 5.28. The zero-order chi connectivity index (χ0) is 5.70. The first kappa shape index (κ1) is 6.74. The lowest BCUT2D eigenvalue weighted by Gasteiger charge is -2.00. The summed E-state index contributed by atoms with van der Waals surface area (Å²) in [5.41, 5.74) is 0. The molecule has 0 N–H and O–H groups in total. The first-order chi connectivity index (χ1) is 3.31. The Labute approximate surface area is 46.2 Å². The molecule has 1 atom stereocenters. The SMILES string of the molecule is C=CCC(C)CC. The van der Waals surface area contributed by atoms with Gasteiger partial charge in [-0.2, -0.15) is 0 Å². The van der Waals surface area contributed by atoms with Crippen molar-refractivity contribution >= 4 is 0 Å². The summed E-state index contributed by atoms with van der Waals surface area (Å²) < 4.78 is 0. The van der Waals surface area contributed by atoms with Crippen LogP contribution in [0.3, 0.4) is 0 Å². The molecule has 0 heteroatoms. The Balaban J connectivity index is 2.98. The van der Waals surface area contributed by atoms with E-state index in [4.69, 9.17) is 0 Å². The molecule has 0 rings (SSSR count). The molecule has 1 unspecified atom stereocenters. The Morgan fingerprint density at radius 3 is 2.43 bits per heavy atom. The molecule has 0 radical (unpaired) electrons. The number of hydrogen-bond acceptors (Lipinski definition) is 0. The van der Waals surface area contributed by atoms with Crippen molar-refractivity contribution in [2.75, 3.05) is 0 Å². The third-order valence-corrected chi connectivity index (χ3v) is 1.27. The molecule has 0 heterocycles. The highest BCUT2D eigenvalue weighted by Gasteiger charge is 1.90. The van der Waals surface area contributed by atoms with E-state index in [1.807, 2.05) is 6.08 Å². The van der Waals surface area contributed by atoms with E-state index in [1.165, 1.54) is 6.42 Å². The molecular formula is C7H14. The molecular weight excluding hydrogens is 84.1 g/mol. The monoisotopic (exact) mass is 98.1 g/mol. The van der Waals surface area contributed by atoms with Crippen LogP contribution in [0.4, 0.5) is 0 Å². The summed E-state index contributed by atoms with van der Waals surface area (Å²) in [7, 11) is 0. The van der Waals surface area contributed by atoms with Gasteiger partial charge in [-0.1, -0.05) is 26.3 Å².